The summed E-state index contributed by atoms with van der Waals surface area (Å²) >= 11 is 0. The van der Waals surface area contributed by atoms with Crippen molar-refractivity contribution in [2.75, 3.05) is 12.3 Å². The molecule has 1 amide bonds. The van der Waals surface area contributed by atoms with E-state index in [2.05, 4.69) is 10.4 Å². The smallest absolute Gasteiger partial charge is 0.389 e. The molecule has 19 heavy (non-hydrogen) atoms. The van der Waals surface area contributed by atoms with Gasteiger partial charge in [0, 0.05) is 20.0 Å². The fourth-order valence-corrected chi connectivity index (χ4v) is 1.70. The molecule has 5 nitrogen and oxygen atoms in total. The normalized spacial score (nSPS) is 11.6. The Hall–Kier alpha value is -1.73. The van der Waals surface area contributed by atoms with E-state index in [0.29, 0.717) is 12.1 Å². The maximum absolute atomic E-state index is 11.9. The highest BCUT2D eigenvalue weighted by Gasteiger charge is 2.26. The van der Waals surface area contributed by atoms with Crippen LogP contribution in [0.4, 0.5) is 18.9 Å². The van der Waals surface area contributed by atoms with Gasteiger partial charge in [0.1, 0.15) is 5.69 Å². The molecule has 1 aromatic heterocycles. The van der Waals surface area contributed by atoms with E-state index in [1.807, 2.05) is 6.92 Å². The molecule has 0 saturated heterocycles. The second kappa shape index (κ2) is 5.94. The molecule has 0 aliphatic carbocycles. The maximum Gasteiger partial charge on any atom is 0.389 e. The number of nitrogens with zero attached hydrogens (tertiary/aromatic N) is 2. The van der Waals surface area contributed by atoms with E-state index in [4.69, 9.17) is 5.73 Å². The van der Waals surface area contributed by atoms with Crippen LogP contribution < -0.4 is 11.1 Å². The number of nitrogens with one attached hydrogen (secondary N) is 1. The third-order valence-corrected chi connectivity index (χ3v) is 2.63. The summed E-state index contributed by atoms with van der Waals surface area (Å²) in [5, 5.41) is 6.48. The number of nitrogens with two attached hydrogens (primary N) is 1. The Balaban J connectivity index is 2.57. The Morgan fingerprint density at radius 1 is 1.47 bits per heavy atom. The zero-order valence-electron chi connectivity index (χ0n) is 10.8. The number of alkyl halides is 3. The Bertz CT molecular complexity index is 454. The van der Waals surface area contributed by atoms with Gasteiger partial charge in [0.05, 0.1) is 11.4 Å². The van der Waals surface area contributed by atoms with Crippen LogP contribution in [0.25, 0.3) is 0 Å². The SMILES string of the molecule is CCc1nn(C)c(C(=O)NCCCC(F)(F)F)c1N. The van der Waals surface area contributed by atoms with E-state index in [1.54, 1.807) is 7.05 Å². The van der Waals surface area contributed by atoms with E-state index in [9.17, 15) is 18.0 Å². The lowest BCUT2D eigenvalue weighted by Crippen LogP contribution is -2.28. The van der Waals surface area contributed by atoms with Crippen molar-refractivity contribution in [2.24, 2.45) is 7.05 Å². The van der Waals surface area contributed by atoms with Gasteiger partial charge in [-0.25, -0.2) is 0 Å². The fraction of sp³-hybridized carbons (Fsp3) is 0.636. The molecule has 1 aromatic rings. The number of carbonyl (C=O) groups is 1. The van der Waals surface area contributed by atoms with E-state index in [-0.39, 0.29) is 24.3 Å². The van der Waals surface area contributed by atoms with Crippen molar-refractivity contribution in [2.45, 2.75) is 32.4 Å². The molecule has 8 heteroatoms. The minimum absolute atomic E-state index is 0.0512. The summed E-state index contributed by atoms with van der Waals surface area (Å²) in [6.07, 6.45) is -4.70. The first-order chi connectivity index (χ1) is 8.76. The second-order valence-corrected chi connectivity index (χ2v) is 4.16. The van der Waals surface area contributed by atoms with Gasteiger partial charge in [-0.2, -0.15) is 18.3 Å². The van der Waals surface area contributed by atoms with Crippen LogP contribution in [0.15, 0.2) is 0 Å². The molecule has 0 bridgehead atoms. The van der Waals surface area contributed by atoms with Crippen molar-refractivity contribution < 1.29 is 18.0 Å². The predicted octanol–water partition coefficient (Wildman–Crippen LogP) is 1.64. The highest BCUT2D eigenvalue weighted by atomic mass is 19.4. The Morgan fingerprint density at radius 2 is 2.11 bits per heavy atom. The molecule has 0 aliphatic rings. The largest absolute Gasteiger partial charge is 0.395 e. The average molecular weight is 278 g/mol. The molecule has 1 rings (SSSR count). The zero-order chi connectivity index (χ0) is 14.6. The van der Waals surface area contributed by atoms with Crippen LogP contribution in [0.3, 0.4) is 0 Å². The first kappa shape index (κ1) is 15.3. The van der Waals surface area contributed by atoms with Gasteiger partial charge in [0.15, 0.2) is 0 Å². The van der Waals surface area contributed by atoms with Crippen molar-refractivity contribution in [3.8, 4) is 0 Å². The highest BCUT2D eigenvalue weighted by Crippen LogP contribution is 2.21. The number of aromatic nitrogens is 2. The second-order valence-electron chi connectivity index (χ2n) is 4.16. The van der Waals surface area contributed by atoms with Crippen LogP contribution in [0, 0.1) is 0 Å². The zero-order valence-corrected chi connectivity index (χ0v) is 10.8. The van der Waals surface area contributed by atoms with E-state index in [0.717, 1.165) is 0 Å². The standard InChI is InChI=1S/C11H17F3N4O/c1-3-7-8(15)9(18(2)17-7)10(19)16-6-4-5-11(12,13)14/h3-6,15H2,1-2H3,(H,16,19). The first-order valence-electron chi connectivity index (χ1n) is 5.92. The molecule has 108 valence electrons. The van der Waals surface area contributed by atoms with Gasteiger partial charge >= 0.3 is 6.18 Å². The van der Waals surface area contributed by atoms with Crippen molar-refractivity contribution in [1.29, 1.82) is 0 Å². The molecular formula is C11H17F3N4O. The van der Waals surface area contributed by atoms with Gasteiger partial charge in [-0.15, -0.1) is 0 Å². The molecule has 1 heterocycles. The van der Waals surface area contributed by atoms with Crippen molar-refractivity contribution >= 4 is 11.6 Å². The number of carbonyl (C=O) groups excluding carboxylic acids is 1. The molecule has 0 aromatic carbocycles. The van der Waals surface area contributed by atoms with Gasteiger partial charge < -0.3 is 11.1 Å². The highest BCUT2D eigenvalue weighted by molar-refractivity contribution is 5.97. The minimum atomic E-state index is -4.20. The van der Waals surface area contributed by atoms with Crippen molar-refractivity contribution in [3.63, 3.8) is 0 Å². The summed E-state index contributed by atoms with van der Waals surface area (Å²) in [7, 11) is 1.57. The third-order valence-electron chi connectivity index (χ3n) is 2.63. The number of aryl methyl sites for hydroxylation is 2. The monoisotopic (exact) mass is 278 g/mol. The quantitative estimate of drug-likeness (QED) is 0.804. The lowest BCUT2D eigenvalue weighted by molar-refractivity contribution is -0.135. The predicted molar refractivity (Wildman–Crippen MR) is 64.6 cm³/mol. The number of nitrogen functional groups attached to an aromatic ring is 1. The van der Waals surface area contributed by atoms with Crippen LogP contribution in [-0.2, 0) is 13.5 Å². The summed E-state index contributed by atoms with van der Waals surface area (Å²) in [5.41, 5.74) is 6.83. The van der Waals surface area contributed by atoms with Crippen LogP contribution in [0.5, 0.6) is 0 Å². The molecular weight excluding hydrogens is 261 g/mol. The van der Waals surface area contributed by atoms with E-state index < -0.39 is 18.5 Å². The van der Waals surface area contributed by atoms with Crippen LogP contribution in [0.2, 0.25) is 0 Å². The lowest BCUT2D eigenvalue weighted by Gasteiger charge is -2.08. The van der Waals surface area contributed by atoms with E-state index in [1.165, 1.54) is 4.68 Å². The average Bonchev–Trinajstić information content (AvgIpc) is 2.58. The van der Waals surface area contributed by atoms with Crippen molar-refractivity contribution in [3.05, 3.63) is 11.4 Å². The summed E-state index contributed by atoms with van der Waals surface area (Å²) in [4.78, 5) is 11.8. The minimum Gasteiger partial charge on any atom is -0.395 e. The summed E-state index contributed by atoms with van der Waals surface area (Å²) in [6, 6.07) is 0. The molecule has 0 saturated carbocycles. The third kappa shape index (κ3) is 4.15. The molecule has 0 radical (unpaired) electrons. The molecule has 0 spiro atoms. The van der Waals surface area contributed by atoms with Gasteiger partial charge in [0.2, 0.25) is 0 Å². The topological polar surface area (TPSA) is 72.9 Å². The van der Waals surface area contributed by atoms with Crippen molar-refractivity contribution in [1.82, 2.24) is 15.1 Å². The van der Waals surface area contributed by atoms with Gasteiger partial charge in [-0.3, -0.25) is 9.48 Å². The van der Waals surface area contributed by atoms with Gasteiger partial charge in [-0.05, 0) is 12.8 Å². The maximum atomic E-state index is 11.9. The number of rotatable bonds is 5. The van der Waals surface area contributed by atoms with Crippen LogP contribution >= 0.6 is 0 Å². The van der Waals surface area contributed by atoms with Gasteiger partial charge in [0.25, 0.3) is 5.91 Å². The number of amides is 1. The summed E-state index contributed by atoms with van der Waals surface area (Å²) in [6.45, 7) is 1.80. The number of hydrogen-bond donors (Lipinski definition) is 2. The first-order valence-corrected chi connectivity index (χ1v) is 5.92. The molecule has 3 N–H and O–H groups in total. The summed E-state index contributed by atoms with van der Waals surface area (Å²) in [5.74, 6) is -0.505. The number of halogens is 3. The molecule has 0 fully saturated rings. The molecule has 0 unspecified atom stereocenters. The van der Waals surface area contributed by atoms with Gasteiger partial charge in [-0.1, -0.05) is 6.92 Å². The fourth-order valence-electron chi connectivity index (χ4n) is 1.70. The number of anilines is 1. The Labute approximate surface area is 109 Å². The molecule has 0 atom stereocenters. The lowest BCUT2D eigenvalue weighted by atomic mass is 10.2. The molecule has 0 aliphatic heterocycles. The Morgan fingerprint density at radius 3 is 2.58 bits per heavy atom. The van der Waals surface area contributed by atoms with E-state index >= 15 is 0 Å². The summed E-state index contributed by atoms with van der Waals surface area (Å²) < 4.78 is 37.1. The Kier molecular flexibility index (Phi) is 4.79. The number of hydrogen-bond acceptors (Lipinski definition) is 3. The van der Waals surface area contributed by atoms with Crippen LogP contribution in [-0.4, -0.2) is 28.4 Å². The van der Waals surface area contributed by atoms with Crippen LogP contribution in [0.1, 0.15) is 35.9 Å².